The van der Waals surface area contributed by atoms with Crippen LogP contribution in [0, 0.1) is 21.7 Å². The van der Waals surface area contributed by atoms with Gasteiger partial charge in [0.1, 0.15) is 11.6 Å². The number of ketones is 1. The molecule has 0 spiro atoms. The number of hydrogen-bond acceptors (Lipinski definition) is 4. The highest BCUT2D eigenvalue weighted by Gasteiger charge is 2.36. The van der Waals surface area contributed by atoms with E-state index in [4.69, 9.17) is 9.98 Å². The van der Waals surface area contributed by atoms with Gasteiger partial charge in [-0.05, 0) is 67.8 Å². The number of rotatable bonds is 7. The average molecular weight is 647 g/mol. The van der Waals surface area contributed by atoms with E-state index in [9.17, 15) is 9.59 Å². The summed E-state index contributed by atoms with van der Waals surface area (Å²) in [6.07, 6.45) is 5.03. The van der Waals surface area contributed by atoms with Gasteiger partial charge in [0.25, 0.3) is 0 Å². The van der Waals surface area contributed by atoms with Crippen molar-refractivity contribution < 1.29 is 9.59 Å². The molecule has 0 unspecified atom stereocenters. The number of hydrogen-bond donors (Lipinski definition) is 2. The summed E-state index contributed by atoms with van der Waals surface area (Å²) in [7, 11) is 0. The van der Waals surface area contributed by atoms with Crippen molar-refractivity contribution in [3.63, 3.8) is 0 Å². The van der Waals surface area contributed by atoms with Crippen molar-refractivity contribution in [1.82, 2.24) is 15.3 Å². The molecular weight excluding hydrogens is 592 g/mol. The Kier molecular flexibility index (Phi) is 9.13. The number of imidazole rings is 1. The van der Waals surface area contributed by atoms with E-state index >= 15 is 0 Å². The van der Waals surface area contributed by atoms with Crippen LogP contribution in [0.5, 0.6) is 0 Å². The number of allylic oxidation sites excluding steroid dienone is 1. The first-order chi connectivity index (χ1) is 22.1. The molecule has 0 saturated carbocycles. The fourth-order valence-electron chi connectivity index (χ4n) is 6.28. The summed E-state index contributed by atoms with van der Waals surface area (Å²) in [6, 6.07) is 17.5. The van der Waals surface area contributed by atoms with Gasteiger partial charge in [0.15, 0.2) is 0 Å². The number of amides is 1. The third-order valence-corrected chi connectivity index (χ3v) is 9.59. The van der Waals surface area contributed by atoms with E-state index in [-0.39, 0.29) is 39.9 Å². The summed E-state index contributed by atoms with van der Waals surface area (Å²) in [6.45, 7) is 24.8. The molecule has 5 rings (SSSR count). The van der Waals surface area contributed by atoms with Crippen molar-refractivity contribution in [2.75, 3.05) is 0 Å². The molecule has 3 aromatic carbocycles. The molecule has 1 aromatic heterocycles. The third kappa shape index (κ3) is 7.64. The average Bonchev–Trinajstić information content (AvgIpc) is 3.65. The molecule has 0 aliphatic carbocycles. The van der Waals surface area contributed by atoms with Crippen LogP contribution >= 0.6 is 0 Å². The Morgan fingerprint density at radius 1 is 0.750 bits per heavy atom. The van der Waals surface area contributed by atoms with Crippen molar-refractivity contribution in [3.8, 4) is 11.3 Å². The second-order valence-corrected chi connectivity index (χ2v) is 17.9. The molecule has 2 atom stereocenters. The van der Waals surface area contributed by atoms with Crippen LogP contribution in [-0.2, 0) is 9.59 Å². The molecular formula is C42H54N4O2. The van der Waals surface area contributed by atoms with Crippen LogP contribution in [0.1, 0.15) is 113 Å². The molecule has 1 aliphatic rings. The van der Waals surface area contributed by atoms with E-state index in [1.54, 1.807) is 0 Å². The molecule has 4 aromatic rings. The number of H-pyrrole nitrogens is 1. The van der Waals surface area contributed by atoms with Gasteiger partial charge in [0.2, 0.25) is 5.91 Å². The van der Waals surface area contributed by atoms with Crippen LogP contribution in [0.3, 0.4) is 0 Å². The van der Waals surface area contributed by atoms with Crippen LogP contribution in [0.2, 0.25) is 0 Å². The fourth-order valence-corrected chi connectivity index (χ4v) is 6.28. The van der Waals surface area contributed by atoms with Crippen molar-refractivity contribution >= 4 is 44.5 Å². The summed E-state index contributed by atoms with van der Waals surface area (Å²) in [5.74, 6) is 1.14. The van der Waals surface area contributed by atoms with Gasteiger partial charge in [-0.1, -0.05) is 107 Å². The van der Waals surface area contributed by atoms with Gasteiger partial charge >= 0.3 is 0 Å². The number of nitrogens with zero attached hydrogens (tertiary/aromatic N) is 2. The molecule has 0 bridgehead atoms. The van der Waals surface area contributed by atoms with Gasteiger partial charge in [-0.3, -0.25) is 14.6 Å². The molecule has 0 fully saturated rings. The minimum Gasteiger partial charge on any atom is -0.347 e. The standard InChI is InChI=1S/C42H54N4O2/c1-39(2,3)32(22-35(47)40(4,5)6)37-44-24-34(45-37)28-16-15-26-17-29-19-27(14-13-25(29)18-30(26)20-28)31-21-33(43-23-31)36(41(7,8)9)46-38(48)42(10,11)12/h13-20,23-24,32,36H,21-22H2,1-12H3,(H,44,45)(H,46,48)/t32-,36-/m1/s1. The lowest BCUT2D eigenvalue weighted by Crippen LogP contribution is -2.51. The Balaban J connectivity index is 1.37. The second kappa shape index (κ2) is 12.4. The van der Waals surface area contributed by atoms with Crippen LogP contribution < -0.4 is 5.32 Å². The number of aromatic amines is 1. The van der Waals surface area contributed by atoms with Crippen molar-refractivity contribution in [2.45, 2.75) is 108 Å². The largest absolute Gasteiger partial charge is 0.347 e. The zero-order valence-electron chi connectivity index (χ0n) is 31.1. The second-order valence-electron chi connectivity index (χ2n) is 17.9. The zero-order chi connectivity index (χ0) is 35.4. The molecule has 2 N–H and O–H groups in total. The molecule has 1 aliphatic heterocycles. The maximum atomic E-state index is 13.0. The lowest BCUT2D eigenvalue weighted by Gasteiger charge is -2.34. The van der Waals surface area contributed by atoms with E-state index in [0.717, 1.165) is 39.3 Å². The topological polar surface area (TPSA) is 87.2 Å². The Bertz CT molecular complexity index is 1930. The summed E-state index contributed by atoms with van der Waals surface area (Å²) in [5.41, 5.74) is 4.20. The van der Waals surface area contributed by atoms with Gasteiger partial charge in [0, 0.05) is 47.1 Å². The van der Waals surface area contributed by atoms with Crippen LogP contribution in [0.15, 0.2) is 65.9 Å². The normalized spacial score (nSPS) is 15.8. The Morgan fingerprint density at radius 3 is 1.88 bits per heavy atom. The monoisotopic (exact) mass is 646 g/mol. The lowest BCUT2D eigenvalue weighted by atomic mass is 9.74. The first-order valence-electron chi connectivity index (χ1n) is 17.2. The Hall–Kier alpha value is -4.06. The number of benzene rings is 3. The van der Waals surface area contributed by atoms with Gasteiger partial charge in [-0.2, -0.15) is 0 Å². The molecule has 48 heavy (non-hydrogen) atoms. The number of Topliss-reactive ketones (excluding diaryl/α,β-unsaturated/α-hetero) is 1. The first-order valence-corrected chi connectivity index (χ1v) is 17.2. The molecule has 2 heterocycles. The fraction of sp³-hybridized carbons (Fsp3) is 0.476. The van der Waals surface area contributed by atoms with Crippen molar-refractivity contribution in [1.29, 1.82) is 0 Å². The van der Waals surface area contributed by atoms with E-state index in [1.165, 1.54) is 16.2 Å². The minimum absolute atomic E-state index is 0.00498. The summed E-state index contributed by atoms with van der Waals surface area (Å²) < 4.78 is 0. The van der Waals surface area contributed by atoms with Gasteiger partial charge < -0.3 is 10.3 Å². The quantitative estimate of drug-likeness (QED) is 0.196. The first kappa shape index (κ1) is 35.3. The Morgan fingerprint density at radius 2 is 1.33 bits per heavy atom. The number of aromatic nitrogens is 2. The SMILES string of the molecule is CC(C)(C)C(=O)C[C@H](c1ncc(-c2ccc3cc4cc(C5=CN=C([C@@H](NC(=O)C(C)(C)C)C(C)(C)C)C5)ccc4cc3c2)[nH]1)C(C)(C)C. The van der Waals surface area contributed by atoms with Crippen LogP contribution in [0.25, 0.3) is 38.4 Å². The number of nitrogens with one attached hydrogen (secondary N) is 2. The highest BCUT2D eigenvalue weighted by atomic mass is 16.2. The predicted octanol–water partition coefficient (Wildman–Crippen LogP) is 10.3. The van der Waals surface area contributed by atoms with Crippen LogP contribution in [0.4, 0.5) is 0 Å². The van der Waals surface area contributed by atoms with Crippen molar-refractivity contribution in [3.05, 3.63) is 72.3 Å². The smallest absolute Gasteiger partial charge is 0.225 e. The zero-order valence-corrected chi connectivity index (χ0v) is 31.1. The summed E-state index contributed by atoms with van der Waals surface area (Å²) >= 11 is 0. The predicted molar refractivity (Wildman–Crippen MR) is 201 cm³/mol. The van der Waals surface area contributed by atoms with Gasteiger partial charge in [-0.25, -0.2) is 4.98 Å². The van der Waals surface area contributed by atoms with Crippen molar-refractivity contribution in [2.24, 2.45) is 26.7 Å². The number of carbonyl (C=O) groups excluding carboxylic acids is 2. The van der Waals surface area contributed by atoms with Gasteiger partial charge in [0.05, 0.1) is 17.9 Å². The number of fused-ring (bicyclic) bond motifs is 2. The highest BCUT2D eigenvalue weighted by Crippen LogP contribution is 2.40. The minimum atomic E-state index is -0.467. The third-order valence-electron chi connectivity index (χ3n) is 9.59. The van der Waals surface area contributed by atoms with Gasteiger partial charge in [-0.15, -0.1) is 0 Å². The molecule has 0 radical (unpaired) electrons. The summed E-state index contributed by atoms with van der Waals surface area (Å²) in [5, 5.41) is 7.96. The maximum Gasteiger partial charge on any atom is 0.225 e. The molecule has 6 nitrogen and oxygen atoms in total. The van der Waals surface area contributed by atoms with E-state index in [0.29, 0.717) is 12.8 Å². The van der Waals surface area contributed by atoms with E-state index in [1.807, 2.05) is 53.9 Å². The molecule has 1 amide bonds. The maximum absolute atomic E-state index is 13.0. The molecule has 0 saturated heterocycles. The van der Waals surface area contributed by atoms with Crippen LogP contribution in [-0.4, -0.2) is 33.4 Å². The van der Waals surface area contributed by atoms with E-state index in [2.05, 4.69) is 100 Å². The Labute approximate surface area is 286 Å². The number of carbonyl (C=O) groups is 2. The highest BCUT2D eigenvalue weighted by molar-refractivity contribution is 6.05. The number of aliphatic imine (C=N–C) groups is 1. The lowest BCUT2D eigenvalue weighted by molar-refractivity contribution is -0.129. The van der Waals surface area contributed by atoms with E-state index < -0.39 is 5.41 Å². The molecule has 254 valence electrons. The molecule has 6 heteroatoms. The summed E-state index contributed by atoms with van der Waals surface area (Å²) in [4.78, 5) is 39.1.